The summed E-state index contributed by atoms with van der Waals surface area (Å²) in [6.07, 6.45) is 1.89. The van der Waals surface area contributed by atoms with Gasteiger partial charge in [-0.05, 0) is 48.2 Å². The Labute approximate surface area is 122 Å². The van der Waals surface area contributed by atoms with Crippen LogP contribution in [0, 0.1) is 0 Å². The first kappa shape index (κ1) is 11.5. The normalized spacial score (nSPS) is 20.9. The molecule has 106 valence electrons. The van der Waals surface area contributed by atoms with Crippen LogP contribution in [0.4, 0.5) is 0 Å². The lowest BCUT2D eigenvalue weighted by Crippen LogP contribution is -2.33. The quantitative estimate of drug-likeness (QED) is 0.779. The maximum absolute atomic E-state index is 10.4. The highest BCUT2D eigenvalue weighted by atomic mass is 16.7. The molecule has 21 heavy (non-hydrogen) atoms. The van der Waals surface area contributed by atoms with Crippen molar-refractivity contribution in [1.82, 2.24) is 5.32 Å². The number of rotatable bonds is 0. The fourth-order valence-electron chi connectivity index (χ4n) is 3.89. The van der Waals surface area contributed by atoms with Gasteiger partial charge in [0.25, 0.3) is 0 Å². The third-order valence-corrected chi connectivity index (χ3v) is 4.73. The van der Waals surface area contributed by atoms with Crippen molar-refractivity contribution in [2.24, 2.45) is 0 Å². The molecule has 0 saturated heterocycles. The van der Waals surface area contributed by atoms with Crippen LogP contribution in [0.3, 0.4) is 0 Å². The van der Waals surface area contributed by atoms with Crippen LogP contribution < -0.4 is 14.8 Å². The zero-order valence-electron chi connectivity index (χ0n) is 11.5. The number of benzene rings is 2. The summed E-state index contributed by atoms with van der Waals surface area (Å²) in [6, 6.07) is 8.15. The summed E-state index contributed by atoms with van der Waals surface area (Å²) in [4.78, 5) is 0. The van der Waals surface area contributed by atoms with Gasteiger partial charge in [0.15, 0.2) is 11.5 Å². The molecule has 0 unspecified atom stereocenters. The number of hydrogen-bond donors (Lipinski definition) is 2. The summed E-state index contributed by atoms with van der Waals surface area (Å²) in [5, 5.41) is 14.0. The summed E-state index contributed by atoms with van der Waals surface area (Å²) >= 11 is 0. The number of nitrogens with one attached hydrogen (secondary N) is 1. The van der Waals surface area contributed by atoms with E-state index >= 15 is 0 Å². The number of ether oxygens (including phenoxy) is 2. The number of phenolic OH excluding ortho intramolecular Hbond substituents is 1. The molecule has 0 fully saturated rings. The second-order valence-electron chi connectivity index (χ2n) is 5.83. The first-order chi connectivity index (χ1) is 10.3. The molecule has 1 aliphatic carbocycles. The van der Waals surface area contributed by atoms with Gasteiger partial charge >= 0.3 is 0 Å². The van der Waals surface area contributed by atoms with Gasteiger partial charge in [0.2, 0.25) is 6.79 Å². The van der Waals surface area contributed by atoms with Crippen LogP contribution in [0.5, 0.6) is 17.2 Å². The third kappa shape index (κ3) is 1.43. The van der Waals surface area contributed by atoms with E-state index in [-0.39, 0.29) is 6.79 Å². The highest BCUT2D eigenvalue weighted by Crippen LogP contribution is 2.54. The van der Waals surface area contributed by atoms with Gasteiger partial charge in [0.1, 0.15) is 5.75 Å². The van der Waals surface area contributed by atoms with Crippen molar-refractivity contribution in [2.45, 2.75) is 18.9 Å². The minimum atomic E-state index is 0.256. The molecule has 0 amide bonds. The first-order valence-corrected chi connectivity index (χ1v) is 7.33. The van der Waals surface area contributed by atoms with Gasteiger partial charge < -0.3 is 19.9 Å². The fraction of sp³-hybridized carbons (Fsp3) is 0.294. The van der Waals surface area contributed by atoms with Crippen molar-refractivity contribution in [3.63, 3.8) is 0 Å². The van der Waals surface area contributed by atoms with E-state index in [9.17, 15) is 5.11 Å². The molecule has 0 aromatic heterocycles. The SMILES string of the molecule is Oc1cccc2c1-c1c3c(cc4c1[C@@H](C2)NCC4)OCO3. The molecular formula is C17H15NO3. The molecule has 5 rings (SSSR count). The van der Waals surface area contributed by atoms with Crippen LogP contribution in [0.1, 0.15) is 22.7 Å². The Morgan fingerprint density at radius 3 is 3.05 bits per heavy atom. The zero-order chi connectivity index (χ0) is 14.0. The Morgan fingerprint density at radius 2 is 2.10 bits per heavy atom. The van der Waals surface area contributed by atoms with Gasteiger partial charge in [-0.2, -0.15) is 0 Å². The van der Waals surface area contributed by atoms with Gasteiger partial charge in [0, 0.05) is 17.2 Å². The standard InChI is InChI=1S/C17H15NO3/c19-12-3-1-2-9-6-11-14-10(4-5-18-11)7-13-17(21-8-20-13)16(14)15(9)12/h1-3,7,11,18-19H,4-6,8H2/t11-/m1/s1. The lowest BCUT2D eigenvalue weighted by Gasteiger charge is -2.35. The van der Waals surface area contributed by atoms with E-state index in [4.69, 9.17) is 9.47 Å². The minimum absolute atomic E-state index is 0.256. The fourth-order valence-corrected chi connectivity index (χ4v) is 3.89. The highest BCUT2D eigenvalue weighted by Gasteiger charge is 2.36. The summed E-state index contributed by atoms with van der Waals surface area (Å²) in [5.41, 5.74) is 5.69. The van der Waals surface area contributed by atoms with E-state index in [2.05, 4.69) is 17.4 Å². The summed E-state index contributed by atoms with van der Waals surface area (Å²) in [7, 11) is 0. The molecule has 2 aromatic carbocycles. The third-order valence-electron chi connectivity index (χ3n) is 4.73. The Morgan fingerprint density at radius 1 is 1.14 bits per heavy atom. The molecule has 0 saturated carbocycles. The Balaban J connectivity index is 1.92. The van der Waals surface area contributed by atoms with Gasteiger partial charge in [-0.1, -0.05) is 12.1 Å². The average Bonchev–Trinajstić information content (AvgIpc) is 2.95. The summed E-state index contributed by atoms with van der Waals surface area (Å²) in [6.45, 7) is 1.23. The lowest BCUT2D eigenvalue weighted by molar-refractivity contribution is 0.174. The maximum atomic E-state index is 10.4. The molecule has 2 aromatic rings. The van der Waals surface area contributed by atoms with Crippen LogP contribution in [0.2, 0.25) is 0 Å². The number of hydrogen-bond acceptors (Lipinski definition) is 4. The molecular weight excluding hydrogens is 266 g/mol. The largest absolute Gasteiger partial charge is 0.507 e. The summed E-state index contributed by atoms with van der Waals surface area (Å²) < 4.78 is 11.3. The summed E-state index contributed by atoms with van der Waals surface area (Å²) in [5.74, 6) is 1.91. The average molecular weight is 281 g/mol. The van der Waals surface area contributed by atoms with Crippen LogP contribution in [0.25, 0.3) is 11.1 Å². The smallest absolute Gasteiger partial charge is 0.231 e. The van der Waals surface area contributed by atoms with Crippen LogP contribution >= 0.6 is 0 Å². The molecule has 4 heteroatoms. The number of phenols is 1. The molecule has 2 N–H and O–H groups in total. The van der Waals surface area contributed by atoms with E-state index in [1.165, 1.54) is 11.1 Å². The predicted molar refractivity (Wildman–Crippen MR) is 77.8 cm³/mol. The van der Waals surface area contributed by atoms with Crippen molar-refractivity contribution >= 4 is 0 Å². The Kier molecular flexibility index (Phi) is 2.14. The second-order valence-corrected chi connectivity index (χ2v) is 5.83. The molecule has 4 nitrogen and oxygen atoms in total. The molecule has 0 spiro atoms. The van der Waals surface area contributed by atoms with Crippen LogP contribution in [-0.2, 0) is 12.8 Å². The van der Waals surface area contributed by atoms with E-state index in [1.54, 1.807) is 6.07 Å². The molecule has 0 radical (unpaired) electrons. The van der Waals surface area contributed by atoms with Gasteiger partial charge in [0.05, 0.1) is 0 Å². The number of fused-ring (bicyclic) bond motifs is 4. The Hall–Kier alpha value is -2.20. The molecule has 2 heterocycles. The predicted octanol–water partition coefficient (Wildman–Crippen LogP) is 2.53. The van der Waals surface area contributed by atoms with Crippen molar-refractivity contribution < 1.29 is 14.6 Å². The molecule has 3 aliphatic rings. The zero-order valence-corrected chi connectivity index (χ0v) is 11.5. The number of aromatic hydroxyl groups is 1. The second kappa shape index (κ2) is 3.92. The van der Waals surface area contributed by atoms with E-state index in [0.29, 0.717) is 11.8 Å². The van der Waals surface area contributed by atoms with Crippen LogP contribution in [-0.4, -0.2) is 18.4 Å². The molecule has 1 atom stereocenters. The minimum Gasteiger partial charge on any atom is -0.507 e. The van der Waals surface area contributed by atoms with Gasteiger partial charge in [-0.3, -0.25) is 0 Å². The van der Waals surface area contributed by atoms with E-state index in [0.717, 1.165) is 47.6 Å². The monoisotopic (exact) mass is 281 g/mol. The molecule has 0 bridgehead atoms. The van der Waals surface area contributed by atoms with Crippen molar-refractivity contribution in [3.8, 4) is 28.4 Å². The topological polar surface area (TPSA) is 50.7 Å². The van der Waals surface area contributed by atoms with E-state index < -0.39 is 0 Å². The van der Waals surface area contributed by atoms with Crippen molar-refractivity contribution in [2.75, 3.05) is 13.3 Å². The van der Waals surface area contributed by atoms with Crippen LogP contribution in [0.15, 0.2) is 24.3 Å². The lowest BCUT2D eigenvalue weighted by atomic mass is 9.77. The van der Waals surface area contributed by atoms with Crippen molar-refractivity contribution in [1.29, 1.82) is 0 Å². The molecule has 2 aliphatic heterocycles. The van der Waals surface area contributed by atoms with Gasteiger partial charge in [-0.15, -0.1) is 0 Å². The van der Waals surface area contributed by atoms with E-state index in [1.807, 2.05) is 6.07 Å². The van der Waals surface area contributed by atoms with Gasteiger partial charge in [-0.25, -0.2) is 0 Å². The first-order valence-electron chi connectivity index (χ1n) is 7.33. The maximum Gasteiger partial charge on any atom is 0.231 e. The Bertz CT molecular complexity index is 769. The highest BCUT2D eigenvalue weighted by molar-refractivity contribution is 5.87. The van der Waals surface area contributed by atoms with Crippen molar-refractivity contribution in [3.05, 3.63) is 41.0 Å².